The van der Waals surface area contributed by atoms with Crippen LogP contribution in [0.4, 0.5) is 14.4 Å². The Morgan fingerprint density at radius 3 is 1.65 bits per heavy atom. The normalized spacial score (nSPS) is 20.1. The molecular weight excluding hydrogens is 444 g/mol. The van der Waals surface area contributed by atoms with E-state index in [9.17, 15) is 14.4 Å². The molecular formula is C25H44O9. The van der Waals surface area contributed by atoms with Gasteiger partial charge in [-0.3, -0.25) is 0 Å². The van der Waals surface area contributed by atoms with E-state index in [1.165, 1.54) is 0 Å². The maximum Gasteiger partial charge on any atom is 0.508 e. The zero-order valence-corrected chi connectivity index (χ0v) is 21.3. The van der Waals surface area contributed by atoms with Crippen LogP contribution in [-0.4, -0.2) is 55.1 Å². The second-order valence-electron chi connectivity index (χ2n) is 9.78. The summed E-state index contributed by atoms with van der Waals surface area (Å²) in [5, 5.41) is 9.04. The maximum atomic E-state index is 12.2. The molecule has 0 radical (unpaired) electrons. The lowest BCUT2D eigenvalue weighted by molar-refractivity contribution is -0.123. The molecule has 198 valence electrons. The van der Waals surface area contributed by atoms with E-state index >= 15 is 0 Å². The van der Waals surface area contributed by atoms with E-state index in [2.05, 4.69) is 27.7 Å². The summed E-state index contributed by atoms with van der Waals surface area (Å²) in [6.45, 7) is 9.11. The van der Waals surface area contributed by atoms with E-state index in [0.29, 0.717) is 37.5 Å². The molecule has 1 rings (SSSR count). The van der Waals surface area contributed by atoms with Crippen molar-refractivity contribution < 1.29 is 43.2 Å². The molecule has 9 nitrogen and oxygen atoms in total. The van der Waals surface area contributed by atoms with Gasteiger partial charge in [0, 0.05) is 0 Å². The molecule has 3 unspecified atom stereocenters. The highest BCUT2D eigenvalue weighted by Crippen LogP contribution is 2.28. The third kappa shape index (κ3) is 14.2. The molecule has 1 aliphatic rings. The summed E-state index contributed by atoms with van der Waals surface area (Å²) >= 11 is 0. The zero-order valence-electron chi connectivity index (χ0n) is 21.3. The number of carbonyl (C=O) groups is 3. The largest absolute Gasteiger partial charge is 0.508 e. The average molecular weight is 489 g/mol. The van der Waals surface area contributed by atoms with Crippen LogP contribution in [0.25, 0.3) is 0 Å². The Bertz CT molecular complexity index is 591. The van der Waals surface area contributed by atoms with Gasteiger partial charge in [-0.05, 0) is 43.9 Å². The fraction of sp³-hybridized carbons (Fsp3) is 0.880. The molecule has 0 aliphatic heterocycles. The van der Waals surface area contributed by atoms with Gasteiger partial charge in [0.15, 0.2) is 6.10 Å². The quantitative estimate of drug-likeness (QED) is 0.152. The first-order chi connectivity index (χ1) is 16.2. The first-order valence-corrected chi connectivity index (χ1v) is 12.8. The van der Waals surface area contributed by atoms with Gasteiger partial charge >= 0.3 is 18.5 Å². The summed E-state index contributed by atoms with van der Waals surface area (Å²) in [6, 6.07) is 0. The summed E-state index contributed by atoms with van der Waals surface area (Å²) in [7, 11) is 0. The fourth-order valence-corrected chi connectivity index (χ4v) is 3.90. The predicted octanol–water partition coefficient (Wildman–Crippen LogP) is 6.71. The average Bonchev–Trinajstić information content (AvgIpc) is 2.74. The van der Waals surface area contributed by atoms with E-state index in [4.69, 9.17) is 28.8 Å². The van der Waals surface area contributed by atoms with Gasteiger partial charge in [-0.1, -0.05) is 66.2 Å². The van der Waals surface area contributed by atoms with E-state index in [0.717, 1.165) is 44.9 Å². The first-order valence-electron chi connectivity index (χ1n) is 12.8. The predicted molar refractivity (Wildman–Crippen MR) is 126 cm³/mol. The third-order valence-electron chi connectivity index (χ3n) is 5.73. The summed E-state index contributed by atoms with van der Waals surface area (Å²) in [5.41, 5.74) is 0. The second-order valence-corrected chi connectivity index (χ2v) is 9.78. The molecule has 0 heterocycles. The molecule has 34 heavy (non-hydrogen) atoms. The van der Waals surface area contributed by atoms with Gasteiger partial charge in [0.1, 0.15) is 12.2 Å². The minimum atomic E-state index is -1.48. The van der Waals surface area contributed by atoms with Gasteiger partial charge < -0.3 is 28.8 Å². The second kappa shape index (κ2) is 17.3. The van der Waals surface area contributed by atoms with Crippen LogP contribution in [0.15, 0.2) is 0 Å². The van der Waals surface area contributed by atoms with Gasteiger partial charge in [0.25, 0.3) is 0 Å². The Kier molecular flexibility index (Phi) is 15.2. The molecule has 0 saturated heterocycles. The highest BCUT2D eigenvalue weighted by Gasteiger charge is 2.42. The van der Waals surface area contributed by atoms with Crippen molar-refractivity contribution in [1.82, 2.24) is 0 Å². The Morgan fingerprint density at radius 1 is 0.706 bits per heavy atom. The number of carboxylic acid groups (broad SMARTS) is 1. The smallest absolute Gasteiger partial charge is 0.450 e. The number of unbranched alkanes of at least 4 members (excludes halogenated alkanes) is 4. The van der Waals surface area contributed by atoms with Gasteiger partial charge in [0.05, 0.1) is 13.2 Å². The molecule has 0 bridgehead atoms. The van der Waals surface area contributed by atoms with Gasteiger partial charge in [-0.2, -0.15) is 0 Å². The van der Waals surface area contributed by atoms with Crippen LogP contribution in [-0.2, 0) is 23.7 Å². The lowest BCUT2D eigenvalue weighted by atomic mass is 9.91. The summed E-state index contributed by atoms with van der Waals surface area (Å²) in [6.07, 6.45) is 2.85. The lowest BCUT2D eigenvalue weighted by Gasteiger charge is -2.35. The van der Waals surface area contributed by atoms with Crippen molar-refractivity contribution >= 4 is 18.5 Å². The molecule has 1 saturated carbocycles. The highest BCUT2D eigenvalue weighted by molar-refractivity contribution is 5.62. The minimum absolute atomic E-state index is 0.207. The monoisotopic (exact) mass is 488 g/mol. The standard InChI is InChI=1S/C25H44O9/c1-18(2)12-7-5-9-16-30-24(28)33-21-15-11-14-20(32-23(26)27)22(21)34-25(29)31-17-10-6-8-13-19(3)4/h18-22H,5-17H2,1-4H3,(H,26,27). The van der Waals surface area contributed by atoms with Crippen LogP contribution in [0.5, 0.6) is 0 Å². The lowest BCUT2D eigenvalue weighted by Crippen LogP contribution is -2.48. The molecule has 1 N–H and O–H groups in total. The number of carbonyl (C=O) groups excluding carboxylic acids is 2. The minimum Gasteiger partial charge on any atom is -0.450 e. The molecule has 3 atom stereocenters. The highest BCUT2D eigenvalue weighted by atomic mass is 16.8. The van der Waals surface area contributed by atoms with E-state index in [1.807, 2.05) is 0 Å². The van der Waals surface area contributed by atoms with Crippen molar-refractivity contribution in [2.24, 2.45) is 11.8 Å². The van der Waals surface area contributed by atoms with Gasteiger partial charge in [-0.25, -0.2) is 14.4 Å². The molecule has 0 spiro atoms. The summed E-state index contributed by atoms with van der Waals surface area (Å²) < 4.78 is 25.9. The molecule has 0 aromatic rings. The van der Waals surface area contributed by atoms with E-state index in [-0.39, 0.29) is 13.2 Å². The van der Waals surface area contributed by atoms with Crippen molar-refractivity contribution in [3.63, 3.8) is 0 Å². The Morgan fingerprint density at radius 2 is 1.18 bits per heavy atom. The van der Waals surface area contributed by atoms with Crippen LogP contribution in [0.3, 0.4) is 0 Å². The van der Waals surface area contributed by atoms with Crippen molar-refractivity contribution in [2.75, 3.05) is 13.2 Å². The number of hydrogen-bond donors (Lipinski definition) is 1. The van der Waals surface area contributed by atoms with Crippen molar-refractivity contribution in [2.45, 2.75) is 117 Å². The van der Waals surface area contributed by atoms with Crippen molar-refractivity contribution in [1.29, 1.82) is 0 Å². The SMILES string of the molecule is CC(C)CCCCCOC(=O)OC1CCCC(OC(=O)O)C1OC(=O)OCCCCCC(C)C. The summed E-state index contributed by atoms with van der Waals surface area (Å²) in [5.74, 6) is 1.28. The third-order valence-corrected chi connectivity index (χ3v) is 5.73. The molecule has 1 fully saturated rings. The zero-order chi connectivity index (χ0) is 25.3. The van der Waals surface area contributed by atoms with E-state index < -0.39 is 36.8 Å². The Hall–Kier alpha value is -2.19. The molecule has 0 aromatic heterocycles. The number of rotatable bonds is 15. The molecule has 9 heteroatoms. The summed E-state index contributed by atoms with van der Waals surface area (Å²) in [4.78, 5) is 35.5. The number of hydrogen-bond acceptors (Lipinski definition) is 8. The maximum absolute atomic E-state index is 12.2. The fourth-order valence-electron chi connectivity index (χ4n) is 3.90. The first kappa shape index (κ1) is 29.8. The van der Waals surface area contributed by atoms with Crippen molar-refractivity contribution in [3.05, 3.63) is 0 Å². The topological polar surface area (TPSA) is 118 Å². The van der Waals surface area contributed by atoms with Crippen LogP contribution < -0.4 is 0 Å². The molecule has 0 aromatic carbocycles. The Balaban J connectivity index is 2.49. The molecule has 0 amide bonds. The van der Waals surface area contributed by atoms with Crippen LogP contribution in [0.2, 0.25) is 0 Å². The number of ether oxygens (including phenoxy) is 5. The Labute approximate surface area is 203 Å². The van der Waals surface area contributed by atoms with Gasteiger partial charge in [-0.15, -0.1) is 0 Å². The van der Waals surface area contributed by atoms with Crippen molar-refractivity contribution in [3.8, 4) is 0 Å². The van der Waals surface area contributed by atoms with Crippen LogP contribution in [0, 0.1) is 11.8 Å². The van der Waals surface area contributed by atoms with Gasteiger partial charge in [0.2, 0.25) is 0 Å². The van der Waals surface area contributed by atoms with Crippen LogP contribution in [0.1, 0.15) is 98.3 Å². The van der Waals surface area contributed by atoms with E-state index in [1.54, 1.807) is 0 Å². The van der Waals surface area contributed by atoms with Crippen LogP contribution >= 0.6 is 0 Å². The molecule has 1 aliphatic carbocycles.